The van der Waals surface area contributed by atoms with Crippen molar-refractivity contribution in [2.75, 3.05) is 13.7 Å². The number of esters is 1. The molecule has 0 aromatic carbocycles. The summed E-state index contributed by atoms with van der Waals surface area (Å²) in [6.45, 7) is 1.84. The van der Waals surface area contributed by atoms with Crippen LogP contribution in [0.1, 0.15) is 29.3 Å². The van der Waals surface area contributed by atoms with Gasteiger partial charge in [0, 0.05) is 11.8 Å². The molecule has 0 saturated heterocycles. The highest BCUT2D eigenvalue weighted by Crippen LogP contribution is 2.34. The van der Waals surface area contributed by atoms with Crippen molar-refractivity contribution in [1.82, 2.24) is 10.3 Å². The van der Waals surface area contributed by atoms with Gasteiger partial charge < -0.3 is 15.2 Å². The van der Waals surface area contributed by atoms with E-state index in [2.05, 4.69) is 10.3 Å². The summed E-state index contributed by atoms with van der Waals surface area (Å²) in [6.07, 6.45) is -3.56. The molecule has 1 aromatic heterocycles. The van der Waals surface area contributed by atoms with Crippen LogP contribution < -0.4 is 5.32 Å². The topological polar surface area (TPSA) is 88.5 Å². The number of nitrogens with one attached hydrogen (secondary N) is 1. The quantitative estimate of drug-likeness (QED) is 0.469. The predicted octanol–water partition coefficient (Wildman–Crippen LogP) is 1.53. The van der Waals surface area contributed by atoms with E-state index in [0.29, 0.717) is 12.5 Å². The molecule has 22 heavy (non-hydrogen) atoms. The SMILES string of the molecule is CCCOC(=O)C(NC)C(=O)c1cnc(O)c(C(F)(F)F)c1. The van der Waals surface area contributed by atoms with Crippen LogP contribution in [0.4, 0.5) is 13.2 Å². The molecule has 0 spiro atoms. The molecule has 0 aliphatic carbocycles. The van der Waals surface area contributed by atoms with Crippen molar-refractivity contribution in [3.63, 3.8) is 0 Å². The van der Waals surface area contributed by atoms with Crippen molar-refractivity contribution in [3.8, 4) is 5.88 Å². The Morgan fingerprint density at radius 1 is 1.45 bits per heavy atom. The Morgan fingerprint density at radius 3 is 2.59 bits per heavy atom. The lowest BCUT2D eigenvalue weighted by molar-refractivity contribution is -0.144. The number of aromatic hydroxyl groups is 1. The number of hydrogen-bond donors (Lipinski definition) is 2. The maximum absolute atomic E-state index is 12.7. The van der Waals surface area contributed by atoms with E-state index in [1.807, 2.05) is 0 Å². The number of rotatable bonds is 6. The summed E-state index contributed by atoms with van der Waals surface area (Å²) in [6, 6.07) is -0.999. The van der Waals surface area contributed by atoms with E-state index in [4.69, 9.17) is 9.84 Å². The van der Waals surface area contributed by atoms with Crippen LogP contribution in [0.15, 0.2) is 12.3 Å². The molecule has 0 amide bonds. The van der Waals surface area contributed by atoms with Crippen molar-refractivity contribution in [2.24, 2.45) is 0 Å². The van der Waals surface area contributed by atoms with Crippen LogP contribution in [0.25, 0.3) is 0 Å². The van der Waals surface area contributed by atoms with Gasteiger partial charge in [0.15, 0.2) is 11.8 Å². The highest BCUT2D eigenvalue weighted by Gasteiger charge is 2.36. The van der Waals surface area contributed by atoms with Gasteiger partial charge in [0.1, 0.15) is 5.56 Å². The largest absolute Gasteiger partial charge is 0.493 e. The Kier molecular flexibility index (Phi) is 5.86. The fraction of sp³-hybridized carbons (Fsp3) is 0.462. The van der Waals surface area contributed by atoms with Crippen molar-refractivity contribution in [3.05, 3.63) is 23.4 Å². The molecular formula is C13H15F3N2O4. The summed E-state index contributed by atoms with van der Waals surface area (Å²) in [5.74, 6) is -3.06. The van der Waals surface area contributed by atoms with Gasteiger partial charge in [0.2, 0.25) is 5.88 Å². The number of Topliss-reactive ketones (excluding diaryl/α,β-unsaturated/α-hetero) is 1. The number of alkyl halides is 3. The first-order valence-electron chi connectivity index (χ1n) is 6.36. The maximum atomic E-state index is 12.7. The zero-order valence-electron chi connectivity index (χ0n) is 11.9. The van der Waals surface area contributed by atoms with E-state index in [1.54, 1.807) is 6.92 Å². The molecule has 2 N–H and O–H groups in total. The number of hydrogen-bond acceptors (Lipinski definition) is 6. The van der Waals surface area contributed by atoms with Crippen molar-refractivity contribution >= 4 is 11.8 Å². The Labute approximate surface area is 124 Å². The lowest BCUT2D eigenvalue weighted by Crippen LogP contribution is -2.42. The van der Waals surface area contributed by atoms with E-state index < -0.39 is 41.0 Å². The molecule has 1 aromatic rings. The van der Waals surface area contributed by atoms with Crippen LogP contribution in [-0.4, -0.2) is 41.5 Å². The number of halogens is 3. The Balaban J connectivity index is 3.08. The highest BCUT2D eigenvalue weighted by molar-refractivity contribution is 6.12. The van der Waals surface area contributed by atoms with Crippen LogP contribution in [0.5, 0.6) is 5.88 Å². The molecule has 1 atom stereocenters. The Bertz CT molecular complexity index is 561. The highest BCUT2D eigenvalue weighted by atomic mass is 19.4. The van der Waals surface area contributed by atoms with Crippen molar-refractivity contribution in [1.29, 1.82) is 0 Å². The first-order chi connectivity index (χ1) is 10.2. The molecule has 122 valence electrons. The van der Waals surface area contributed by atoms with Crippen LogP contribution >= 0.6 is 0 Å². The second-order valence-corrected chi connectivity index (χ2v) is 4.35. The van der Waals surface area contributed by atoms with Gasteiger partial charge >= 0.3 is 12.1 Å². The third-order valence-corrected chi connectivity index (χ3v) is 2.69. The van der Waals surface area contributed by atoms with Gasteiger partial charge in [0.05, 0.1) is 6.61 Å². The molecule has 1 rings (SSSR count). The lowest BCUT2D eigenvalue weighted by Gasteiger charge is -2.15. The Hall–Kier alpha value is -2.16. The number of ether oxygens (including phenoxy) is 1. The monoisotopic (exact) mass is 320 g/mol. The lowest BCUT2D eigenvalue weighted by atomic mass is 10.0. The molecule has 0 aliphatic heterocycles. The third-order valence-electron chi connectivity index (χ3n) is 2.69. The van der Waals surface area contributed by atoms with Gasteiger partial charge in [-0.1, -0.05) is 6.92 Å². The second kappa shape index (κ2) is 7.21. The van der Waals surface area contributed by atoms with Crippen LogP contribution in [0.3, 0.4) is 0 Å². The minimum atomic E-state index is -4.87. The van der Waals surface area contributed by atoms with Crippen LogP contribution in [0.2, 0.25) is 0 Å². The first-order valence-corrected chi connectivity index (χ1v) is 6.36. The van der Waals surface area contributed by atoms with Crippen molar-refractivity contribution in [2.45, 2.75) is 25.6 Å². The molecule has 1 heterocycles. The number of carbonyl (C=O) groups is 2. The molecule has 1 unspecified atom stereocenters. The van der Waals surface area contributed by atoms with Crippen molar-refractivity contribution < 1.29 is 32.6 Å². The average molecular weight is 320 g/mol. The molecule has 9 heteroatoms. The summed E-state index contributed by atoms with van der Waals surface area (Å²) in [4.78, 5) is 27.0. The van der Waals surface area contributed by atoms with Gasteiger partial charge in [-0.2, -0.15) is 13.2 Å². The predicted molar refractivity (Wildman–Crippen MR) is 69.3 cm³/mol. The number of ketones is 1. The van der Waals surface area contributed by atoms with E-state index >= 15 is 0 Å². The first kappa shape index (κ1) is 17.9. The molecular weight excluding hydrogens is 305 g/mol. The number of pyridine rings is 1. The van der Waals surface area contributed by atoms with E-state index in [9.17, 15) is 22.8 Å². The van der Waals surface area contributed by atoms with Gasteiger partial charge in [-0.15, -0.1) is 0 Å². The standard InChI is InChI=1S/C13H15F3N2O4/c1-3-4-22-12(21)9(17-2)10(19)7-5-8(13(14,15)16)11(20)18-6-7/h5-6,9,17H,3-4H2,1-2H3,(H,18,20). The van der Waals surface area contributed by atoms with E-state index in [0.717, 1.165) is 6.20 Å². The fourth-order valence-corrected chi connectivity index (χ4v) is 1.61. The maximum Gasteiger partial charge on any atom is 0.421 e. The Morgan fingerprint density at radius 2 is 2.09 bits per heavy atom. The van der Waals surface area contributed by atoms with Gasteiger partial charge in [-0.25, -0.2) is 9.78 Å². The minimum absolute atomic E-state index is 0.0892. The summed E-state index contributed by atoms with van der Waals surface area (Å²) in [7, 11) is 1.30. The second-order valence-electron chi connectivity index (χ2n) is 4.35. The number of aromatic nitrogens is 1. The molecule has 6 nitrogen and oxygen atoms in total. The molecule has 0 bridgehead atoms. The van der Waals surface area contributed by atoms with E-state index in [-0.39, 0.29) is 6.61 Å². The smallest absolute Gasteiger partial charge is 0.421 e. The minimum Gasteiger partial charge on any atom is -0.493 e. The van der Waals surface area contributed by atoms with Crippen LogP contribution in [-0.2, 0) is 15.7 Å². The number of nitrogens with zero attached hydrogens (tertiary/aromatic N) is 1. The zero-order valence-corrected chi connectivity index (χ0v) is 11.9. The number of carbonyl (C=O) groups excluding carboxylic acids is 2. The average Bonchev–Trinajstić information content (AvgIpc) is 2.44. The molecule has 0 fully saturated rings. The summed E-state index contributed by atoms with van der Waals surface area (Å²) in [5, 5.41) is 11.5. The fourth-order valence-electron chi connectivity index (χ4n) is 1.61. The molecule has 0 radical (unpaired) electrons. The van der Waals surface area contributed by atoms with Crippen LogP contribution in [0, 0.1) is 0 Å². The summed E-state index contributed by atoms with van der Waals surface area (Å²) >= 11 is 0. The normalized spacial score (nSPS) is 12.8. The summed E-state index contributed by atoms with van der Waals surface area (Å²) in [5.41, 5.74) is -1.91. The van der Waals surface area contributed by atoms with Gasteiger partial charge in [-0.05, 0) is 19.5 Å². The zero-order chi connectivity index (χ0) is 16.9. The summed E-state index contributed by atoms with van der Waals surface area (Å²) < 4.78 is 42.8. The molecule has 0 saturated carbocycles. The third kappa shape index (κ3) is 4.17. The number of likely N-dealkylation sites (N-methyl/N-ethyl adjacent to an activating group) is 1. The van der Waals surface area contributed by atoms with Gasteiger partial charge in [0.25, 0.3) is 0 Å². The van der Waals surface area contributed by atoms with Gasteiger partial charge in [-0.3, -0.25) is 4.79 Å². The molecule has 0 aliphatic rings. The van der Waals surface area contributed by atoms with E-state index in [1.165, 1.54) is 7.05 Å².